The number of aliphatic hydroxyl groups is 1. The lowest BCUT2D eigenvalue weighted by Crippen LogP contribution is -2.45. The number of alkyl halides is 3. The molecule has 1 N–H and O–H groups in total. The molecule has 0 spiro atoms. The van der Waals surface area contributed by atoms with Gasteiger partial charge in [-0.05, 0) is 31.7 Å². The van der Waals surface area contributed by atoms with Crippen LogP contribution in [-0.4, -0.2) is 65.8 Å². The van der Waals surface area contributed by atoms with E-state index in [0.717, 1.165) is 11.3 Å². The van der Waals surface area contributed by atoms with E-state index in [1.165, 1.54) is 0 Å². The first-order chi connectivity index (χ1) is 9.58. The van der Waals surface area contributed by atoms with Crippen molar-refractivity contribution in [3.8, 4) is 0 Å². The van der Waals surface area contributed by atoms with Gasteiger partial charge < -0.3 is 10.0 Å². The molecule has 0 aromatic heterocycles. The van der Waals surface area contributed by atoms with Crippen LogP contribution in [0.2, 0.25) is 0 Å². The first kappa shape index (κ1) is 18.2. The largest absolute Gasteiger partial charge is 0.406 e. The molecule has 0 aromatic carbocycles. The first-order valence-corrected chi connectivity index (χ1v) is 7.33. The average Bonchev–Trinajstić information content (AvgIpc) is 2.74. The number of likely N-dealkylation sites (tertiary alicyclic amines) is 1. The Morgan fingerprint density at radius 1 is 1.38 bits per heavy atom. The number of carbonyl (C=O) groups excluding carboxylic acids is 1. The molecule has 0 radical (unpaired) electrons. The molecule has 124 valence electrons. The van der Waals surface area contributed by atoms with Crippen LogP contribution in [0, 0.1) is 11.8 Å². The van der Waals surface area contributed by atoms with Gasteiger partial charge in [-0.2, -0.15) is 13.2 Å². The molecule has 1 fully saturated rings. The third-order valence-corrected chi connectivity index (χ3v) is 3.66. The highest BCUT2D eigenvalue weighted by Gasteiger charge is 2.34. The van der Waals surface area contributed by atoms with E-state index >= 15 is 0 Å². The highest BCUT2D eigenvalue weighted by atomic mass is 19.4. The van der Waals surface area contributed by atoms with E-state index in [1.54, 1.807) is 20.8 Å². The average molecular weight is 310 g/mol. The zero-order valence-electron chi connectivity index (χ0n) is 12.9. The number of aliphatic hydroxyl groups excluding tert-OH is 1. The number of nitrogens with zero attached hydrogens (tertiary/aromatic N) is 2. The monoisotopic (exact) mass is 310 g/mol. The smallest absolute Gasteiger partial charge is 0.393 e. The van der Waals surface area contributed by atoms with Crippen molar-refractivity contribution in [2.24, 2.45) is 11.8 Å². The standard InChI is InChI=1S/C14H25F3N2O2/c1-10(2)6-19(9-14(15,16)17)13(21)8-18-5-4-12(7-18)11(3)20/h10-12,20H,4-9H2,1-3H3. The fourth-order valence-corrected chi connectivity index (χ4v) is 2.60. The molecular weight excluding hydrogens is 285 g/mol. The van der Waals surface area contributed by atoms with Crippen molar-refractivity contribution in [2.75, 3.05) is 32.7 Å². The summed E-state index contributed by atoms with van der Waals surface area (Å²) in [6.45, 7) is 5.38. The number of amides is 1. The Hall–Kier alpha value is -0.820. The second-order valence-electron chi connectivity index (χ2n) is 6.31. The van der Waals surface area contributed by atoms with E-state index in [1.807, 2.05) is 4.90 Å². The predicted octanol–water partition coefficient (Wildman–Crippen LogP) is 1.74. The second kappa shape index (κ2) is 7.45. The van der Waals surface area contributed by atoms with Crippen LogP contribution < -0.4 is 0 Å². The van der Waals surface area contributed by atoms with Crippen molar-refractivity contribution in [1.82, 2.24) is 9.80 Å². The Kier molecular flexibility index (Phi) is 6.46. The van der Waals surface area contributed by atoms with E-state index in [9.17, 15) is 23.1 Å². The normalized spacial score (nSPS) is 21.8. The summed E-state index contributed by atoms with van der Waals surface area (Å²) in [6.07, 6.45) is -4.06. The lowest BCUT2D eigenvalue weighted by molar-refractivity contribution is -0.162. The summed E-state index contributed by atoms with van der Waals surface area (Å²) in [5, 5.41) is 9.51. The summed E-state index contributed by atoms with van der Waals surface area (Å²) >= 11 is 0. The Morgan fingerprint density at radius 3 is 2.43 bits per heavy atom. The molecule has 0 bridgehead atoms. The molecule has 1 heterocycles. The van der Waals surface area contributed by atoms with Gasteiger partial charge in [-0.25, -0.2) is 0 Å². The van der Waals surface area contributed by atoms with Crippen molar-refractivity contribution in [3.05, 3.63) is 0 Å². The zero-order valence-corrected chi connectivity index (χ0v) is 12.9. The molecule has 2 unspecified atom stereocenters. The summed E-state index contributed by atoms with van der Waals surface area (Å²) in [5.41, 5.74) is 0. The van der Waals surface area contributed by atoms with Gasteiger partial charge >= 0.3 is 6.18 Å². The highest BCUT2D eigenvalue weighted by Crippen LogP contribution is 2.21. The lowest BCUT2D eigenvalue weighted by atomic mass is 10.0. The fourth-order valence-electron chi connectivity index (χ4n) is 2.60. The van der Waals surface area contributed by atoms with E-state index in [0.29, 0.717) is 13.1 Å². The third-order valence-electron chi connectivity index (χ3n) is 3.66. The highest BCUT2D eigenvalue weighted by molar-refractivity contribution is 5.78. The maximum absolute atomic E-state index is 12.6. The fraction of sp³-hybridized carbons (Fsp3) is 0.929. The molecule has 0 aliphatic carbocycles. The van der Waals surface area contributed by atoms with Gasteiger partial charge in [0.25, 0.3) is 0 Å². The van der Waals surface area contributed by atoms with Crippen molar-refractivity contribution >= 4 is 5.91 Å². The zero-order chi connectivity index (χ0) is 16.2. The molecule has 1 aliphatic rings. The third kappa shape index (κ3) is 6.65. The van der Waals surface area contributed by atoms with Crippen LogP contribution in [0.5, 0.6) is 0 Å². The topological polar surface area (TPSA) is 43.8 Å². The van der Waals surface area contributed by atoms with Crippen molar-refractivity contribution in [3.63, 3.8) is 0 Å². The predicted molar refractivity (Wildman–Crippen MR) is 73.7 cm³/mol. The molecule has 1 saturated heterocycles. The van der Waals surface area contributed by atoms with Crippen LogP contribution in [0.15, 0.2) is 0 Å². The number of halogens is 3. The Balaban J connectivity index is 2.56. The van der Waals surface area contributed by atoms with Crippen LogP contribution in [0.3, 0.4) is 0 Å². The quantitative estimate of drug-likeness (QED) is 0.813. The van der Waals surface area contributed by atoms with E-state index in [-0.39, 0.29) is 24.9 Å². The molecule has 1 amide bonds. The van der Waals surface area contributed by atoms with Gasteiger partial charge in [0.05, 0.1) is 12.6 Å². The van der Waals surface area contributed by atoms with Crippen LogP contribution in [0.1, 0.15) is 27.2 Å². The molecule has 7 heteroatoms. The van der Waals surface area contributed by atoms with Gasteiger partial charge in [-0.1, -0.05) is 13.8 Å². The van der Waals surface area contributed by atoms with Crippen molar-refractivity contribution in [2.45, 2.75) is 39.5 Å². The van der Waals surface area contributed by atoms with Gasteiger partial charge in [0.2, 0.25) is 5.91 Å². The summed E-state index contributed by atoms with van der Waals surface area (Å²) in [4.78, 5) is 14.8. The van der Waals surface area contributed by atoms with Gasteiger partial charge in [0, 0.05) is 13.1 Å². The molecule has 1 aliphatic heterocycles. The van der Waals surface area contributed by atoms with Gasteiger partial charge in [0.15, 0.2) is 0 Å². The lowest BCUT2D eigenvalue weighted by Gasteiger charge is -2.28. The Labute approximate surface area is 123 Å². The summed E-state index contributed by atoms with van der Waals surface area (Å²) in [5.74, 6) is -0.411. The minimum atomic E-state index is -4.38. The minimum absolute atomic E-state index is 0.00792. The van der Waals surface area contributed by atoms with E-state index in [2.05, 4.69) is 0 Å². The van der Waals surface area contributed by atoms with Crippen LogP contribution in [-0.2, 0) is 4.79 Å². The molecule has 2 atom stereocenters. The number of rotatable bonds is 6. The molecule has 1 rings (SSSR count). The Bertz CT molecular complexity index is 346. The molecule has 0 saturated carbocycles. The summed E-state index contributed by atoms with van der Waals surface area (Å²) in [7, 11) is 0. The molecular formula is C14H25F3N2O2. The number of carbonyl (C=O) groups is 1. The van der Waals surface area contributed by atoms with Crippen molar-refractivity contribution < 1.29 is 23.1 Å². The number of hydrogen-bond donors (Lipinski definition) is 1. The van der Waals surface area contributed by atoms with Crippen LogP contribution >= 0.6 is 0 Å². The van der Waals surface area contributed by atoms with Gasteiger partial charge in [0.1, 0.15) is 6.54 Å². The van der Waals surface area contributed by atoms with Crippen LogP contribution in [0.25, 0.3) is 0 Å². The van der Waals surface area contributed by atoms with E-state index < -0.39 is 24.7 Å². The molecule has 21 heavy (non-hydrogen) atoms. The second-order valence-corrected chi connectivity index (χ2v) is 6.31. The summed E-state index contributed by atoms with van der Waals surface area (Å²) in [6, 6.07) is 0. The molecule has 0 aromatic rings. The van der Waals surface area contributed by atoms with Gasteiger partial charge in [-0.3, -0.25) is 9.69 Å². The first-order valence-electron chi connectivity index (χ1n) is 7.33. The summed E-state index contributed by atoms with van der Waals surface area (Å²) < 4.78 is 37.7. The maximum atomic E-state index is 12.6. The maximum Gasteiger partial charge on any atom is 0.406 e. The minimum Gasteiger partial charge on any atom is -0.393 e. The number of hydrogen-bond acceptors (Lipinski definition) is 3. The van der Waals surface area contributed by atoms with E-state index in [4.69, 9.17) is 0 Å². The molecule has 4 nitrogen and oxygen atoms in total. The SMILES string of the molecule is CC(C)CN(CC(F)(F)F)C(=O)CN1CCC(C(C)O)C1. The van der Waals surface area contributed by atoms with Crippen LogP contribution in [0.4, 0.5) is 13.2 Å². The van der Waals surface area contributed by atoms with Crippen molar-refractivity contribution in [1.29, 1.82) is 0 Å². The Morgan fingerprint density at radius 2 is 2.00 bits per heavy atom. The van der Waals surface area contributed by atoms with Gasteiger partial charge in [-0.15, -0.1) is 0 Å².